The normalized spacial score (nSPS) is 10.9. The van der Waals surface area contributed by atoms with Gasteiger partial charge in [0.2, 0.25) is 0 Å². The molecule has 0 unspecified atom stereocenters. The van der Waals surface area contributed by atoms with E-state index in [0.29, 0.717) is 0 Å². The van der Waals surface area contributed by atoms with Gasteiger partial charge in [0.1, 0.15) is 6.54 Å². The molecular weight excluding hydrogens is 206 g/mol. The van der Waals surface area contributed by atoms with Crippen molar-refractivity contribution in [3.63, 3.8) is 0 Å². The Bertz CT molecular complexity index is 116. The second-order valence-electron chi connectivity index (χ2n) is 4.10. The van der Waals surface area contributed by atoms with Gasteiger partial charge in [-0.2, -0.15) is 10.4 Å². The predicted octanol–water partition coefficient (Wildman–Crippen LogP) is 4.25. The van der Waals surface area contributed by atoms with Crippen molar-refractivity contribution in [2.45, 2.75) is 72.1 Å². The minimum atomic E-state index is -2.18. The van der Waals surface area contributed by atoms with Gasteiger partial charge >= 0.3 is 0 Å². The van der Waals surface area contributed by atoms with Gasteiger partial charge in [-0.05, 0) is 6.92 Å². The number of hydrogen-bond donors (Lipinski definition) is 2. The molecule has 0 heterocycles. The zero-order chi connectivity index (χ0) is 12.9. The number of unbranched alkanes of at least 4 members (excludes halogenated alkanes) is 7. The number of rotatable bonds is 8. The molecule has 0 amide bonds. The van der Waals surface area contributed by atoms with E-state index < -0.39 is 4.97 Å². The second kappa shape index (κ2) is 12.9. The molecule has 0 aromatic heterocycles. The highest BCUT2D eigenvalue weighted by molar-refractivity contribution is 4.43. The third kappa shape index (κ3) is 23.6. The van der Waals surface area contributed by atoms with Crippen LogP contribution in [0.3, 0.4) is 0 Å². The maximum absolute atomic E-state index is 9.52. The summed E-state index contributed by atoms with van der Waals surface area (Å²) in [6, 6.07) is 0. The average Bonchev–Trinajstić information content (AvgIpc) is 2.23. The van der Waals surface area contributed by atoms with Crippen LogP contribution in [0.5, 0.6) is 0 Å². The zero-order valence-electron chi connectivity index (χ0n) is 11.1. The van der Waals surface area contributed by atoms with E-state index in [1.54, 1.807) is 0 Å². The molecular formula is C12H29NO3. The molecule has 2 N–H and O–H groups in total. The molecule has 0 aliphatic heterocycles. The Morgan fingerprint density at radius 3 is 1.19 bits per heavy atom. The summed E-state index contributed by atoms with van der Waals surface area (Å²) in [6.07, 6.45) is 11.5. The molecule has 0 radical (unpaired) electrons. The molecule has 0 aliphatic rings. The van der Waals surface area contributed by atoms with Crippen LogP contribution in [-0.2, 0) is 0 Å². The fourth-order valence-corrected chi connectivity index (χ4v) is 1.21. The van der Waals surface area contributed by atoms with E-state index in [1.165, 1.54) is 58.3 Å². The molecule has 0 aromatic carbocycles. The van der Waals surface area contributed by atoms with Gasteiger partial charge in [-0.25, -0.2) is 0 Å². The molecule has 0 saturated carbocycles. The smallest absolute Gasteiger partial charge is 0.139 e. The van der Waals surface area contributed by atoms with E-state index in [0.717, 1.165) is 0 Å². The summed E-state index contributed by atoms with van der Waals surface area (Å²) in [5.74, 6) is 0. The van der Waals surface area contributed by atoms with Gasteiger partial charge in [-0.15, -0.1) is 0 Å². The Labute approximate surface area is 100.0 Å². The Morgan fingerprint density at radius 2 is 1.00 bits per heavy atom. The molecule has 0 rings (SSSR count). The first-order chi connectivity index (χ1) is 7.47. The van der Waals surface area contributed by atoms with E-state index in [4.69, 9.17) is 10.4 Å². The van der Waals surface area contributed by atoms with Crippen molar-refractivity contribution >= 4 is 0 Å². The average molecular weight is 235 g/mol. The minimum absolute atomic E-state index is 0.236. The molecule has 16 heavy (non-hydrogen) atoms. The molecule has 0 aromatic rings. The van der Waals surface area contributed by atoms with Crippen LogP contribution < -0.4 is 0 Å². The number of nitrogens with zero attached hydrogens (tertiary/aromatic N) is 1. The maximum atomic E-state index is 9.52. The van der Waals surface area contributed by atoms with Gasteiger partial charge in [0.05, 0.1) is 0 Å². The van der Waals surface area contributed by atoms with Crippen LogP contribution in [0, 0.1) is 5.21 Å². The van der Waals surface area contributed by atoms with Gasteiger partial charge in [0, 0.05) is 0 Å². The van der Waals surface area contributed by atoms with Crippen LogP contribution in [0.25, 0.3) is 0 Å². The summed E-state index contributed by atoms with van der Waals surface area (Å²) in [5, 5.41) is 25.0. The quantitative estimate of drug-likeness (QED) is 0.375. The highest BCUT2D eigenvalue weighted by Crippen LogP contribution is 2.07. The van der Waals surface area contributed by atoms with Crippen molar-refractivity contribution in [2.24, 2.45) is 0 Å². The van der Waals surface area contributed by atoms with Crippen molar-refractivity contribution in [3.8, 4) is 0 Å². The number of quaternary nitrogens is 1. The van der Waals surface area contributed by atoms with Crippen LogP contribution in [0.15, 0.2) is 0 Å². The van der Waals surface area contributed by atoms with Crippen LogP contribution in [-0.4, -0.2) is 21.9 Å². The predicted molar refractivity (Wildman–Crippen MR) is 66.0 cm³/mol. The van der Waals surface area contributed by atoms with Crippen LogP contribution in [0.1, 0.15) is 72.1 Å². The fraction of sp³-hybridized carbons (Fsp3) is 1.00. The van der Waals surface area contributed by atoms with Crippen molar-refractivity contribution < 1.29 is 15.4 Å². The van der Waals surface area contributed by atoms with Crippen LogP contribution in [0.2, 0.25) is 0 Å². The first-order valence-corrected chi connectivity index (χ1v) is 6.52. The third-order valence-electron chi connectivity index (χ3n) is 2.37. The lowest BCUT2D eigenvalue weighted by molar-refractivity contribution is -1.21. The summed E-state index contributed by atoms with van der Waals surface area (Å²) < 4.78 is 0. The van der Waals surface area contributed by atoms with Gasteiger partial charge in [-0.1, -0.05) is 70.2 Å². The molecule has 0 atom stereocenters. The molecule has 0 fully saturated rings. The van der Waals surface area contributed by atoms with E-state index >= 15 is 0 Å². The summed E-state index contributed by atoms with van der Waals surface area (Å²) in [4.78, 5) is -2.18. The fourth-order valence-electron chi connectivity index (χ4n) is 1.21. The molecule has 100 valence electrons. The summed E-state index contributed by atoms with van der Waals surface area (Å²) >= 11 is 0. The topological polar surface area (TPSA) is 63.5 Å². The maximum Gasteiger partial charge on any atom is 0.139 e. The molecule has 0 saturated heterocycles. The van der Waals surface area contributed by atoms with E-state index in [9.17, 15) is 5.21 Å². The van der Waals surface area contributed by atoms with E-state index in [2.05, 4.69) is 13.8 Å². The minimum Gasteiger partial charge on any atom is -0.564 e. The first kappa shape index (κ1) is 18.2. The third-order valence-corrected chi connectivity index (χ3v) is 2.37. The molecule has 4 heteroatoms. The molecule has 0 aliphatic carbocycles. The standard InChI is InChI=1S/C10H22.C2H7NO3/c1-3-5-7-9-10-8-6-4-2;1-2-3(4,5)6/h3-10H2,1-2H3;4-5H,2H2,1H3. The zero-order valence-corrected chi connectivity index (χ0v) is 11.1. The largest absolute Gasteiger partial charge is 0.564 e. The molecule has 4 nitrogen and oxygen atoms in total. The Kier molecular flexibility index (Phi) is 14.7. The molecule has 0 spiro atoms. The summed E-state index contributed by atoms with van der Waals surface area (Å²) in [5.41, 5.74) is 0. The van der Waals surface area contributed by atoms with Gasteiger partial charge in [0.15, 0.2) is 0 Å². The van der Waals surface area contributed by atoms with Crippen LogP contribution >= 0.6 is 0 Å². The number of hydrogen-bond acceptors (Lipinski definition) is 3. The summed E-state index contributed by atoms with van der Waals surface area (Å²) in [7, 11) is 0. The van der Waals surface area contributed by atoms with Crippen molar-refractivity contribution in [1.29, 1.82) is 0 Å². The van der Waals surface area contributed by atoms with Crippen LogP contribution in [0.4, 0.5) is 0 Å². The van der Waals surface area contributed by atoms with Crippen molar-refractivity contribution in [3.05, 3.63) is 5.21 Å². The molecule has 0 bridgehead atoms. The lowest BCUT2D eigenvalue weighted by atomic mass is 10.1. The van der Waals surface area contributed by atoms with E-state index in [-0.39, 0.29) is 6.54 Å². The highest BCUT2D eigenvalue weighted by atomic mass is 17.1. The summed E-state index contributed by atoms with van der Waals surface area (Å²) in [6.45, 7) is 5.67. The SMILES string of the molecule is CCCCCCCCCC.CC[N+]([O-])(O)O. The first-order valence-electron chi connectivity index (χ1n) is 6.52. The lowest BCUT2D eigenvalue weighted by Gasteiger charge is -2.20. The van der Waals surface area contributed by atoms with Gasteiger partial charge in [0.25, 0.3) is 0 Å². The second-order valence-corrected chi connectivity index (χ2v) is 4.10. The van der Waals surface area contributed by atoms with Crippen molar-refractivity contribution in [1.82, 2.24) is 0 Å². The van der Waals surface area contributed by atoms with E-state index in [1.807, 2.05) is 0 Å². The Balaban J connectivity index is 0. The lowest BCUT2D eigenvalue weighted by Crippen LogP contribution is -2.33. The number of hydroxylamine groups is 3. The Morgan fingerprint density at radius 1 is 0.750 bits per heavy atom. The van der Waals surface area contributed by atoms with Gasteiger partial charge < -0.3 is 5.21 Å². The van der Waals surface area contributed by atoms with Crippen molar-refractivity contribution in [2.75, 3.05) is 6.54 Å². The highest BCUT2D eigenvalue weighted by Gasteiger charge is 1.99. The van der Waals surface area contributed by atoms with Gasteiger partial charge in [-0.3, -0.25) is 0 Å². The Hall–Kier alpha value is -0.160. The monoisotopic (exact) mass is 235 g/mol.